The number of aromatic nitrogens is 3. The van der Waals surface area contributed by atoms with Gasteiger partial charge in [-0.05, 0) is 91.4 Å². The second-order valence-corrected chi connectivity index (χ2v) is 11.3. The van der Waals surface area contributed by atoms with Gasteiger partial charge in [0.05, 0.1) is 24.3 Å². The molecule has 0 amide bonds. The van der Waals surface area contributed by atoms with Crippen LogP contribution in [0.3, 0.4) is 0 Å². The molecule has 0 unspecified atom stereocenters. The van der Waals surface area contributed by atoms with Gasteiger partial charge in [0.15, 0.2) is 5.65 Å². The highest BCUT2D eigenvalue weighted by Crippen LogP contribution is 2.41. The van der Waals surface area contributed by atoms with Gasteiger partial charge in [-0.3, -0.25) is 4.90 Å². The molecule has 0 radical (unpaired) electrons. The Balaban J connectivity index is 1.57. The summed E-state index contributed by atoms with van der Waals surface area (Å²) in [5, 5.41) is 5.10. The minimum Gasteiger partial charge on any atom is -0.378 e. The third kappa shape index (κ3) is 4.73. The van der Waals surface area contributed by atoms with Crippen LogP contribution in [0.1, 0.15) is 80.2 Å². The Morgan fingerprint density at radius 1 is 1.14 bits per heavy atom. The summed E-state index contributed by atoms with van der Waals surface area (Å²) in [6.45, 7) is 15.4. The van der Waals surface area contributed by atoms with Crippen LogP contribution in [0.25, 0.3) is 16.8 Å². The minimum absolute atomic E-state index is 0.380. The van der Waals surface area contributed by atoms with Gasteiger partial charge in [-0.1, -0.05) is 57.0 Å². The molecule has 0 N–H and O–H groups in total. The number of piperidine rings is 1. The van der Waals surface area contributed by atoms with E-state index in [1.807, 2.05) is 4.52 Å². The number of benzene rings is 1. The number of likely N-dealkylation sites (tertiary alicyclic amines) is 1. The number of halogens is 1. The second kappa shape index (κ2) is 10.6. The number of aryl methyl sites for hydroxylation is 1. The van der Waals surface area contributed by atoms with Crippen LogP contribution in [0.5, 0.6) is 0 Å². The van der Waals surface area contributed by atoms with Crippen LogP contribution in [0, 0.1) is 19.8 Å². The molecule has 0 saturated carbocycles. The van der Waals surface area contributed by atoms with E-state index in [0.29, 0.717) is 22.9 Å². The zero-order valence-electron chi connectivity index (χ0n) is 22.4. The van der Waals surface area contributed by atoms with Crippen LogP contribution in [0.4, 0.5) is 0 Å². The maximum absolute atomic E-state index is 6.80. The van der Waals surface area contributed by atoms with E-state index in [0.717, 1.165) is 37.3 Å². The quantitative estimate of drug-likeness (QED) is 0.348. The molecule has 0 aliphatic carbocycles. The van der Waals surface area contributed by atoms with Crippen LogP contribution in [-0.4, -0.2) is 51.8 Å². The van der Waals surface area contributed by atoms with Crippen molar-refractivity contribution in [1.29, 1.82) is 0 Å². The Hall–Kier alpha value is -2.21. The standard InChI is InChI=1S/C30H39ClN4O/c1-6-7-25(27-15-35-30(32-18-33-35)29(31)21(27)5)28(19(2)3)26-14-23(9-8-20(26)4)22-10-12-34(13-11-22)24-16-36-17-24/h8-9,14-15,18-19,22,24H,6-7,10-13,16-17H2,1-5H3/b28-25+. The fourth-order valence-electron chi connectivity index (χ4n) is 6.01. The molecule has 5 nitrogen and oxygen atoms in total. The summed E-state index contributed by atoms with van der Waals surface area (Å²) in [6.07, 6.45) is 8.21. The Labute approximate surface area is 220 Å². The smallest absolute Gasteiger partial charge is 0.174 e. The van der Waals surface area contributed by atoms with Crippen LogP contribution in [-0.2, 0) is 4.74 Å². The van der Waals surface area contributed by atoms with Gasteiger partial charge in [0.1, 0.15) is 6.33 Å². The van der Waals surface area contributed by atoms with Crippen molar-refractivity contribution >= 4 is 28.4 Å². The third-order valence-electron chi connectivity index (χ3n) is 8.17. The Bertz CT molecular complexity index is 1270. The number of allylic oxidation sites excluding steroid dienone is 2. The van der Waals surface area contributed by atoms with E-state index < -0.39 is 0 Å². The van der Waals surface area contributed by atoms with Gasteiger partial charge in [0.25, 0.3) is 0 Å². The van der Waals surface area contributed by atoms with E-state index in [-0.39, 0.29) is 0 Å². The number of hydrogen-bond donors (Lipinski definition) is 0. The van der Waals surface area contributed by atoms with Crippen molar-refractivity contribution in [2.75, 3.05) is 26.3 Å². The Morgan fingerprint density at radius 3 is 2.53 bits per heavy atom. The molecule has 36 heavy (non-hydrogen) atoms. The highest BCUT2D eigenvalue weighted by molar-refractivity contribution is 6.34. The zero-order valence-corrected chi connectivity index (χ0v) is 23.1. The molecule has 2 aromatic heterocycles. The van der Waals surface area contributed by atoms with Gasteiger partial charge in [-0.15, -0.1) is 0 Å². The molecular weight excluding hydrogens is 468 g/mol. The summed E-state index contributed by atoms with van der Waals surface area (Å²) < 4.78 is 7.25. The first-order valence-corrected chi connectivity index (χ1v) is 13.9. The molecule has 2 fully saturated rings. The summed E-state index contributed by atoms with van der Waals surface area (Å²) in [6, 6.07) is 7.84. The number of nitrogens with zero attached hydrogens (tertiary/aromatic N) is 4. The molecule has 2 aliphatic rings. The second-order valence-electron chi connectivity index (χ2n) is 10.9. The predicted molar refractivity (Wildman–Crippen MR) is 149 cm³/mol. The Kier molecular flexibility index (Phi) is 7.52. The molecule has 4 heterocycles. The third-order valence-corrected chi connectivity index (χ3v) is 8.62. The van der Waals surface area contributed by atoms with Gasteiger partial charge >= 0.3 is 0 Å². The zero-order chi connectivity index (χ0) is 25.4. The number of hydrogen-bond acceptors (Lipinski definition) is 4. The number of ether oxygens (including phenoxy) is 1. The first-order chi connectivity index (χ1) is 17.4. The molecule has 2 aliphatic heterocycles. The molecule has 3 aromatic rings. The van der Waals surface area contributed by atoms with Gasteiger partial charge in [0.2, 0.25) is 0 Å². The highest BCUT2D eigenvalue weighted by atomic mass is 35.5. The fourth-order valence-corrected chi connectivity index (χ4v) is 6.25. The van der Waals surface area contributed by atoms with E-state index >= 15 is 0 Å². The monoisotopic (exact) mass is 506 g/mol. The maximum atomic E-state index is 6.80. The number of pyridine rings is 1. The topological polar surface area (TPSA) is 42.7 Å². The van der Waals surface area contributed by atoms with Crippen molar-refractivity contribution in [1.82, 2.24) is 19.5 Å². The number of fused-ring (bicyclic) bond motifs is 1. The highest BCUT2D eigenvalue weighted by Gasteiger charge is 2.30. The number of rotatable bonds is 7. The molecule has 192 valence electrons. The van der Waals surface area contributed by atoms with Crippen molar-refractivity contribution in [3.05, 3.63) is 63.6 Å². The van der Waals surface area contributed by atoms with Crippen LogP contribution >= 0.6 is 11.6 Å². The summed E-state index contributed by atoms with van der Waals surface area (Å²) in [4.78, 5) is 6.99. The van der Waals surface area contributed by atoms with Crippen molar-refractivity contribution in [2.45, 2.75) is 72.3 Å². The average molecular weight is 507 g/mol. The summed E-state index contributed by atoms with van der Waals surface area (Å²) in [5.74, 6) is 0.998. The molecule has 1 aromatic carbocycles. The SMILES string of the molecule is CCC/C(=C(\c1cc(C2CCN(C3COC3)CC2)ccc1C)C(C)C)c1cn2ncnc2c(Cl)c1C. The molecule has 5 rings (SSSR count). The minimum atomic E-state index is 0.380. The van der Waals surface area contributed by atoms with Crippen molar-refractivity contribution in [3.63, 3.8) is 0 Å². The van der Waals surface area contributed by atoms with E-state index in [1.54, 1.807) is 6.33 Å². The fraction of sp³-hybridized carbons (Fsp3) is 0.533. The molecule has 0 bridgehead atoms. The van der Waals surface area contributed by atoms with Gasteiger partial charge in [-0.25, -0.2) is 9.50 Å². The summed E-state index contributed by atoms with van der Waals surface area (Å²) in [7, 11) is 0. The van der Waals surface area contributed by atoms with Gasteiger partial charge < -0.3 is 4.74 Å². The average Bonchev–Trinajstić information content (AvgIpc) is 3.30. The lowest BCUT2D eigenvalue weighted by Crippen LogP contribution is -2.51. The van der Waals surface area contributed by atoms with E-state index in [9.17, 15) is 0 Å². The summed E-state index contributed by atoms with van der Waals surface area (Å²) >= 11 is 6.80. The van der Waals surface area contributed by atoms with Crippen LogP contribution < -0.4 is 0 Å². The maximum Gasteiger partial charge on any atom is 0.174 e. The molecule has 6 heteroatoms. The molecule has 0 spiro atoms. The largest absolute Gasteiger partial charge is 0.378 e. The first kappa shape index (κ1) is 25.4. The first-order valence-electron chi connectivity index (χ1n) is 13.5. The lowest BCUT2D eigenvalue weighted by molar-refractivity contribution is -0.0712. The van der Waals surface area contributed by atoms with Crippen molar-refractivity contribution in [2.24, 2.45) is 5.92 Å². The van der Waals surface area contributed by atoms with E-state index in [1.165, 1.54) is 59.3 Å². The van der Waals surface area contributed by atoms with E-state index in [2.05, 4.69) is 74.0 Å². The van der Waals surface area contributed by atoms with Crippen molar-refractivity contribution in [3.8, 4) is 0 Å². The lowest BCUT2D eigenvalue weighted by Gasteiger charge is -2.41. The summed E-state index contributed by atoms with van der Waals surface area (Å²) in [5.41, 5.74) is 10.0. The van der Waals surface area contributed by atoms with E-state index in [4.69, 9.17) is 16.3 Å². The lowest BCUT2D eigenvalue weighted by atomic mass is 9.80. The molecular formula is C30H39ClN4O. The molecule has 0 atom stereocenters. The van der Waals surface area contributed by atoms with Gasteiger partial charge in [-0.2, -0.15) is 5.10 Å². The predicted octanol–water partition coefficient (Wildman–Crippen LogP) is 6.94. The van der Waals surface area contributed by atoms with Crippen LogP contribution in [0.15, 0.2) is 30.7 Å². The molecule has 2 saturated heterocycles. The normalized spacial score (nSPS) is 18.6. The van der Waals surface area contributed by atoms with Crippen molar-refractivity contribution < 1.29 is 4.74 Å². The van der Waals surface area contributed by atoms with Crippen LogP contribution in [0.2, 0.25) is 5.02 Å². The Morgan fingerprint density at radius 2 is 1.89 bits per heavy atom. The van der Waals surface area contributed by atoms with Gasteiger partial charge in [0, 0.05) is 11.8 Å².